The average Bonchev–Trinajstić information content (AvgIpc) is 2.79. The van der Waals surface area contributed by atoms with Crippen molar-refractivity contribution in [2.24, 2.45) is 0 Å². The maximum Gasteiger partial charge on any atom is 0.416 e. The summed E-state index contributed by atoms with van der Waals surface area (Å²) in [6.45, 7) is 0.153. The summed E-state index contributed by atoms with van der Waals surface area (Å²) >= 11 is 0. The summed E-state index contributed by atoms with van der Waals surface area (Å²) in [4.78, 5) is 0. The Balaban J connectivity index is 2.06. The monoisotopic (exact) mass is 261 g/mol. The summed E-state index contributed by atoms with van der Waals surface area (Å²) in [5.41, 5.74) is -0.719. The van der Waals surface area contributed by atoms with Crippen LogP contribution in [0.25, 0.3) is 0 Å². The van der Waals surface area contributed by atoms with Gasteiger partial charge in [-0.25, -0.2) is 4.39 Å². The normalized spacial score (nSPS) is 17.3. The fraction of sp³-hybridized carbons (Fsp3) is 0.538. The molecule has 1 saturated carbocycles. The van der Waals surface area contributed by atoms with Crippen molar-refractivity contribution in [2.45, 2.75) is 44.4 Å². The molecule has 0 amide bonds. The van der Waals surface area contributed by atoms with Crippen molar-refractivity contribution < 1.29 is 17.6 Å². The lowest BCUT2D eigenvalue weighted by atomic mass is 10.1. The van der Waals surface area contributed by atoms with Crippen LogP contribution in [0.2, 0.25) is 0 Å². The number of halogens is 4. The van der Waals surface area contributed by atoms with E-state index in [1.54, 1.807) is 0 Å². The van der Waals surface area contributed by atoms with Crippen LogP contribution >= 0.6 is 0 Å². The Morgan fingerprint density at radius 3 is 2.44 bits per heavy atom. The van der Waals surface area contributed by atoms with E-state index in [2.05, 4.69) is 5.32 Å². The minimum absolute atomic E-state index is 0.0803. The Hall–Kier alpha value is -1.10. The largest absolute Gasteiger partial charge is 0.416 e. The molecule has 0 heterocycles. The van der Waals surface area contributed by atoms with E-state index in [1.807, 2.05) is 0 Å². The Bertz CT molecular complexity index is 408. The fourth-order valence-corrected chi connectivity index (χ4v) is 2.27. The molecule has 1 aromatic carbocycles. The molecule has 5 heteroatoms. The van der Waals surface area contributed by atoms with Crippen molar-refractivity contribution in [2.75, 3.05) is 0 Å². The highest BCUT2D eigenvalue weighted by Crippen LogP contribution is 2.30. The van der Waals surface area contributed by atoms with Gasteiger partial charge in [0.15, 0.2) is 0 Å². The molecule has 0 aliphatic heterocycles. The van der Waals surface area contributed by atoms with E-state index >= 15 is 0 Å². The molecule has 0 atom stereocenters. The number of rotatable bonds is 3. The summed E-state index contributed by atoms with van der Waals surface area (Å²) in [7, 11) is 0. The smallest absolute Gasteiger partial charge is 0.310 e. The first kappa shape index (κ1) is 13.3. The molecule has 0 bridgehead atoms. The molecule has 0 unspecified atom stereocenters. The van der Waals surface area contributed by atoms with E-state index in [-0.39, 0.29) is 12.1 Å². The molecule has 0 spiro atoms. The molecule has 2 rings (SSSR count). The fourth-order valence-electron chi connectivity index (χ4n) is 2.27. The maximum atomic E-state index is 13.4. The second-order valence-electron chi connectivity index (χ2n) is 4.67. The lowest BCUT2D eigenvalue weighted by Crippen LogP contribution is -2.26. The molecule has 1 aliphatic rings. The van der Waals surface area contributed by atoms with Crippen LogP contribution in [0.15, 0.2) is 18.2 Å². The molecule has 100 valence electrons. The first-order valence-electron chi connectivity index (χ1n) is 6.06. The Morgan fingerprint density at radius 1 is 1.17 bits per heavy atom. The zero-order chi connectivity index (χ0) is 13.2. The number of benzene rings is 1. The van der Waals surface area contributed by atoms with Crippen molar-refractivity contribution in [1.82, 2.24) is 5.32 Å². The first-order chi connectivity index (χ1) is 8.47. The third-order valence-electron chi connectivity index (χ3n) is 3.31. The molecule has 0 saturated heterocycles. The van der Waals surface area contributed by atoms with Crippen LogP contribution in [0, 0.1) is 5.82 Å². The summed E-state index contributed by atoms with van der Waals surface area (Å²) in [6, 6.07) is 2.85. The molecule has 1 aliphatic carbocycles. The van der Waals surface area contributed by atoms with Crippen molar-refractivity contribution in [1.29, 1.82) is 0 Å². The van der Waals surface area contributed by atoms with Crippen molar-refractivity contribution in [3.05, 3.63) is 35.1 Å². The lowest BCUT2D eigenvalue weighted by molar-refractivity contribution is -0.137. The Morgan fingerprint density at radius 2 is 1.83 bits per heavy atom. The predicted molar refractivity (Wildman–Crippen MR) is 60.5 cm³/mol. The van der Waals surface area contributed by atoms with Gasteiger partial charge in [0.2, 0.25) is 0 Å². The molecule has 0 radical (unpaired) electrons. The molecular weight excluding hydrogens is 246 g/mol. The Kier molecular flexibility index (Phi) is 3.90. The van der Waals surface area contributed by atoms with Crippen LogP contribution in [-0.2, 0) is 12.7 Å². The minimum Gasteiger partial charge on any atom is -0.310 e. The molecule has 1 fully saturated rings. The topological polar surface area (TPSA) is 12.0 Å². The first-order valence-corrected chi connectivity index (χ1v) is 6.06. The highest BCUT2D eigenvalue weighted by Gasteiger charge is 2.31. The van der Waals surface area contributed by atoms with Crippen LogP contribution in [0.1, 0.15) is 36.8 Å². The summed E-state index contributed by atoms with van der Waals surface area (Å²) in [5.74, 6) is -0.589. The SMILES string of the molecule is Fc1ccc(C(F)(F)F)cc1CNC1CCCC1. The predicted octanol–water partition coefficient (Wildman–Crippen LogP) is 3.88. The zero-order valence-corrected chi connectivity index (χ0v) is 9.86. The number of hydrogen-bond acceptors (Lipinski definition) is 1. The minimum atomic E-state index is -4.42. The summed E-state index contributed by atoms with van der Waals surface area (Å²) in [6.07, 6.45) is -0.136. The lowest BCUT2D eigenvalue weighted by Gasteiger charge is -2.14. The molecule has 1 nitrogen and oxygen atoms in total. The summed E-state index contributed by atoms with van der Waals surface area (Å²) < 4.78 is 50.9. The third kappa shape index (κ3) is 3.22. The van der Waals surface area contributed by atoms with Crippen LogP contribution in [0.5, 0.6) is 0 Å². The summed E-state index contributed by atoms with van der Waals surface area (Å²) in [5, 5.41) is 3.11. The van der Waals surface area contributed by atoms with E-state index < -0.39 is 17.6 Å². The van der Waals surface area contributed by atoms with Gasteiger partial charge in [-0.05, 0) is 31.0 Å². The van der Waals surface area contributed by atoms with Crippen molar-refractivity contribution in [3.63, 3.8) is 0 Å². The molecular formula is C13H15F4N. The highest BCUT2D eigenvalue weighted by atomic mass is 19.4. The zero-order valence-electron chi connectivity index (χ0n) is 9.86. The van der Waals surface area contributed by atoms with Gasteiger partial charge in [0.25, 0.3) is 0 Å². The van der Waals surface area contributed by atoms with Gasteiger partial charge in [-0.1, -0.05) is 12.8 Å². The standard InChI is InChI=1S/C13H15F4N/c14-12-6-5-10(13(15,16)17)7-9(12)8-18-11-3-1-2-4-11/h5-7,11,18H,1-4,8H2. The van der Waals surface area contributed by atoms with E-state index in [0.717, 1.165) is 43.9 Å². The average molecular weight is 261 g/mol. The van der Waals surface area contributed by atoms with E-state index in [4.69, 9.17) is 0 Å². The van der Waals surface area contributed by atoms with Gasteiger partial charge in [-0.2, -0.15) is 13.2 Å². The van der Waals surface area contributed by atoms with Gasteiger partial charge in [0.05, 0.1) is 5.56 Å². The van der Waals surface area contributed by atoms with Crippen LogP contribution in [-0.4, -0.2) is 6.04 Å². The number of hydrogen-bond donors (Lipinski definition) is 1. The van der Waals surface area contributed by atoms with Crippen LogP contribution in [0.3, 0.4) is 0 Å². The second-order valence-corrected chi connectivity index (χ2v) is 4.67. The molecule has 1 aromatic rings. The van der Waals surface area contributed by atoms with Crippen LogP contribution < -0.4 is 5.32 Å². The van der Waals surface area contributed by atoms with Crippen molar-refractivity contribution >= 4 is 0 Å². The maximum absolute atomic E-state index is 13.4. The van der Waals surface area contributed by atoms with Gasteiger partial charge < -0.3 is 5.32 Å². The quantitative estimate of drug-likeness (QED) is 0.814. The number of nitrogens with one attached hydrogen (secondary N) is 1. The van der Waals surface area contributed by atoms with Gasteiger partial charge in [-0.15, -0.1) is 0 Å². The molecule has 18 heavy (non-hydrogen) atoms. The van der Waals surface area contributed by atoms with E-state index in [9.17, 15) is 17.6 Å². The van der Waals surface area contributed by atoms with Gasteiger partial charge in [0, 0.05) is 18.2 Å². The van der Waals surface area contributed by atoms with Gasteiger partial charge in [0.1, 0.15) is 5.82 Å². The van der Waals surface area contributed by atoms with E-state index in [1.165, 1.54) is 0 Å². The van der Waals surface area contributed by atoms with Gasteiger partial charge in [-0.3, -0.25) is 0 Å². The van der Waals surface area contributed by atoms with Crippen molar-refractivity contribution in [3.8, 4) is 0 Å². The second kappa shape index (κ2) is 5.26. The third-order valence-corrected chi connectivity index (χ3v) is 3.31. The molecule has 1 N–H and O–H groups in total. The number of alkyl halides is 3. The Labute approximate surface area is 103 Å². The van der Waals surface area contributed by atoms with E-state index in [0.29, 0.717) is 6.04 Å². The van der Waals surface area contributed by atoms with Crippen LogP contribution in [0.4, 0.5) is 17.6 Å². The highest BCUT2D eigenvalue weighted by molar-refractivity contribution is 5.27. The van der Waals surface area contributed by atoms with Gasteiger partial charge >= 0.3 is 6.18 Å². The molecule has 0 aromatic heterocycles.